The number of ether oxygens (including phenoxy) is 1. The van der Waals surface area contributed by atoms with Crippen molar-refractivity contribution in [2.24, 2.45) is 5.92 Å². The highest BCUT2D eigenvalue weighted by Crippen LogP contribution is 2.40. The van der Waals surface area contributed by atoms with E-state index in [0.29, 0.717) is 23.6 Å². The maximum Gasteiger partial charge on any atom is 0.426 e. The Morgan fingerprint density at radius 3 is 1.93 bits per heavy atom. The Kier molecular flexibility index (Phi) is 9.86. The highest BCUT2D eigenvalue weighted by molar-refractivity contribution is 5.71. The number of halogens is 6. The molecule has 0 unspecified atom stereocenters. The number of unbranched alkanes of at least 4 members (excludes halogenated alkanes) is 2. The van der Waals surface area contributed by atoms with Crippen LogP contribution in [0.25, 0.3) is 22.3 Å². The van der Waals surface area contributed by atoms with E-state index in [9.17, 15) is 17.6 Å². The zero-order valence-electron chi connectivity index (χ0n) is 24.9. The molecule has 0 aromatic heterocycles. The molecular weight excluding hydrogens is 588 g/mol. The topological polar surface area (TPSA) is 33.0 Å². The molecule has 0 radical (unpaired) electrons. The molecule has 0 bridgehead atoms. The van der Waals surface area contributed by atoms with Gasteiger partial charge in [-0.05, 0) is 78.5 Å². The van der Waals surface area contributed by atoms with Crippen LogP contribution in [0.4, 0.5) is 26.3 Å². The predicted molar refractivity (Wildman–Crippen MR) is 162 cm³/mol. The summed E-state index contributed by atoms with van der Waals surface area (Å²) in [6, 6.07) is 16.3. The zero-order valence-corrected chi connectivity index (χ0v) is 24.9. The Morgan fingerprint density at radius 1 is 0.733 bits per heavy atom. The van der Waals surface area contributed by atoms with E-state index in [-0.39, 0.29) is 16.7 Å². The molecule has 1 fully saturated rings. The minimum absolute atomic E-state index is 0.124. The fraction of sp³-hybridized carbons (Fsp3) is 0.324. The van der Waals surface area contributed by atoms with Crippen LogP contribution >= 0.6 is 0 Å². The van der Waals surface area contributed by atoms with E-state index >= 15 is 8.78 Å². The van der Waals surface area contributed by atoms with Gasteiger partial charge >= 0.3 is 6.11 Å². The molecule has 0 heterocycles. The van der Waals surface area contributed by atoms with Crippen LogP contribution in [0.5, 0.6) is 5.75 Å². The summed E-state index contributed by atoms with van der Waals surface area (Å²) in [7, 11) is 0. The normalized spacial score (nSPS) is 16.8. The molecule has 0 saturated heterocycles. The van der Waals surface area contributed by atoms with E-state index in [0.717, 1.165) is 49.3 Å². The number of rotatable bonds is 10. The molecule has 1 saturated carbocycles. The van der Waals surface area contributed by atoms with Gasteiger partial charge in [-0.25, -0.2) is 17.6 Å². The van der Waals surface area contributed by atoms with Gasteiger partial charge in [-0.1, -0.05) is 69.0 Å². The number of benzene rings is 4. The standard InChI is InChI=1S/C37H33F6NO/c1-2-3-4-5-23-6-8-24(9-7-23)26-12-16-31(33(38)18-26)27-13-17-30(34(39)19-27)25-10-14-28(15-11-25)37(42,43)45-29-20-35(40)32(22-44)36(41)21-29/h10-21,23-24H,2-9H2,1H3. The lowest BCUT2D eigenvalue weighted by Gasteiger charge is -2.29. The second-order valence-electron chi connectivity index (χ2n) is 11.7. The van der Waals surface area contributed by atoms with Crippen LogP contribution in [-0.2, 0) is 6.11 Å². The van der Waals surface area contributed by atoms with Gasteiger partial charge in [0.25, 0.3) is 0 Å². The lowest BCUT2D eigenvalue weighted by molar-refractivity contribution is -0.185. The molecule has 2 nitrogen and oxygen atoms in total. The number of nitrogens with zero attached hydrogens (tertiary/aromatic N) is 1. The summed E-state index contributed by atoms with van der Waals surface area (Å²) >= 11 is 0. The molecule has 5 rings (SSSR count). The van der Waals surface area contributed by atoms with E-state index < -0.39 is 46.3 Å². The van der Waals surface area contributed by atoms with E-state index in [1.807, 2.05) is 6.07 Å². The average Bonchev–Trinajstić information content (AvgIpc) is 3.01. The molecule has 1 aliphatic carbocycles. The predicted octanol–water partition coefficient (Wildman–Crippen LogP) is 11.4. The summed E-state index contributed by atoms with van der Waals surface area (Å²) < 4.78 is 92.2. The third kappa shape index (κ3) is 7.36. The summed E-state index contributed by atoms with van der Waals surface area (Å²) in [6.45, 7) is 2.21. The van der Waals surface area contributed by atoms with Gasteiger partial charge < -0.3 is 4.74 Å². The van der Waals surface area contributed by atoms with E-state index in [1.54, 1.807) is 18.2 Å². The molecule has 4 aromatic rings. The van der Waals surface area contributed by atoms with Crippen LogP contribution < -0.4 is 4.74 Å². The van der Waals surface area contributed by atoms with Gasteiger partial charge in [0.1, 0.15) is 40.7 Å². The van der Waals surface area contributed by atoms with Crippen molar-refractivity contribution in [3.63, 3.8) is 0 Å². The van der Waals surface area contributed by atoms with Crippen LogP contribution in [0.1, 0.15) is 80.9 Å². The zero-order chi connectivity index (χ0) is 32.1. The largest absolute Gasteiger partial charge is 0.429 e. The summed E-state index contributed by atoms with van der Waals surface area (Å²) in [5.74, 6) is -3.46. The molecule has 0 N–H and O–H groups in total. The van der Waals surface area contributed by atoms with Crippen LogP contribution in [0.3, 0.4) is 0 Å². The first-order chi connectivity index (χ1) is 21.6. The van der Waals surface area contributed by atoms with Crippen LogP contribution in [0, 0.1) is 40.5 Å². The Hall–Kier alpha value is -4.25. The van der Waals surface area contributed by atoms with Gasteiger partial charge in [-0.2, -0.15) is 14.0 Å². The Labute approximate surface area is 259 Å². The van der Waals surface area contributed by atoms with Gasteiger partial charge in [0.15, 0.2) is 0 Å². The van der Waals surface area contributed by atoms with Crippen LogP contribution in [-0.4, -0.2) is 0 Å². The lowest BCUT2D eigenvalue weighted by Crippen LogP contribution is -2.22. The third-order valence-corrected chi connectivity index (χ3v) is 8.71. The van der Waals surface area contributed by atoms with Gasteiger partial charge in [0.05, 0.1) is 5.56 Å². The van der Waals surface area contributed by atoms with Crippen molar-refractivity contribution in [3.8, 4) is 34.1 Å². The van der Waals surface area contributed by atoms with Gasteiger partial charge in [-0.3, -0.25) is 0 Å². The minimum Gasteiger partial charge on any atom is -0.429 e. The summed E-state index contributed by atoms with van der Waals surface area (Å²) in [5, 5.41) is 8.75. The SMILES string of the molecule is CCCCCC1CCC(c2ccc(-c3ccc(-c4ccc(C(F)(F)Oc5cc(F)c(C#N)c(F)c5)cc4)c(F)c3)c(F)c2)CC1. The Balaban J connectivity index is 1.26. The monoisotopic (exact) mass is 621 g/mol. The highest BCUT2D eigenvalue weighted by Gasteiger charge is 2.35. The van der Waals surface area contributed by atoms with Crippen molar-refractivity contribution >= 4 is 0 Å². The molecule has 0 atom stereocenters. The van der Waals surface area contributed by atoms with Gasteiger partial charge in [0.2, 0.25) is 0 Å². The van der Waals surface area contributed by atoms with Crippen molar-refractivity contribution in [2.45, 2.75) is 70.3 Å². The van der Waals surface area contributed by atoms with Crippen molar-refractivity contribution in [2.75, 3.05) is 0 Å². The molecule has 8 heteroatoms. The quantitative estimate of drug-likeness (QED) is 0.130. The summed E-state index contributed by atoms with van der Waals surface area (Å²) in [4.78, 5) is 0. The first kappa shape index (κ1) is 32.2. The van der Waals surface area contributed by atoms with E-state index in [2.05, 4.69) is 11.7 Å². The van der Waals surface area contributed by atoms with Crippen LogP contribution in [0.15, 0.2) is 72.8 Å². The highest BCUT2D eigenvalue weighted by atomic mass is 19.3. The first-order valence-corrected chi connectivity index (χ1v) is 15.3. The number of hydrogen-bond acceptors (Lipinski definition) is 2. The molecule has 45 heavy (non-hydrogen) atoms. The fourth-order valence-electron chi connectivity index (χ4n) is 6.17. The van der Waals surface area contributed by atoms with Crippen molar-refractivity contribution in [3.05, 3.63) is 113 Å². The number of nitriles is 1. The smallest absolute Gasteiger partial charge is 0.426 e. The summed E-state index contributed by atoms with van der Waals surface area (Å²) in [6.07, 6.45) is 5.46. The van der Waals surface area contributed by atoms with Crippen molar-refractivity contribution in [1.82, 2.24) is 0 Å². The number of alkyl halides is 2. The average molecular weight is 622 g/mol. The fourth-order valence-corrected chi connectivity index (χ4v) is 6.17. The van der Waals surface area contributed by atoms with Crippen LogP contribution in [0.2, 0.25) is 0 Å². The maximum absolute atomic E-state index is 15.3. The third-order valence-electron chi connectivity index (χ3n) is 8.71. The molecule has 0 amide bonds. The molecule has 234 valence electrons. The van der Waals surface area contributed by atoms with Crippen molar-refractivity contribution in [1.29, 1.82) is 5.26 Å². The number of hydrogen-bond donors (Lipinski definition) is 0. The van der Waals surface area contributed by atoms with E-state index in [1.165, 1.54) is 56.0 Å². The molecule has 1 aliphatic rings. The molecule has 4 aromatic carbocycles. The van der Waals surface area contributed by atoms with E-state index in [4.69, 9.17) is 5.26 Å². The second kappa shape index (κ2) is 13.8. The second-order valence-corrected chi connectivity index (χ2v) is 11.7. The maximum atomic E-state index is 15.3. The van der Waals surface area contributed by atoms with Crippen molar-refractivity contribution < 1.29 is 31.1 Å². The lowest BCUT2D eigenvalue weighted by atomic mass is 9.77. The summed E-state index contributed by atoms with van der Waals surface area (Å²) in [5.41, 5.74) is 0.469. The minimum atomic E-state index is -3.98. The first-order valence-electron chi connectivity index (χ1n) is 15.3. The molecular formula is C37H33F6NO. The molecule has 0 aliphatic heterocycles. The van der Waals surface area contributed by atoms with Gasteiger partial charge in [0, 0.05) is 23.3 Å². The molecule has 0 spiro atoms. The van der Waals surface area contributed by atoms with Gasteiger partial charge in [-0.15, -0.1) is 0 Å². The Bertz CT molecular complexity index is 1660. The Morgan fingerprint density at radius 2 is 1.33 bits per heavy atom.